The molecule has 0 aliphatic rings. The fourth-order valence-corrected chi connectivity index (χ4v) is 1.08. The highest BCUT2D eigenvalue weighted by molar-refractivity contribution is 5.18. The highest BCUT2D eigenvalue weighted by Gasteiger charge is 2.39. The van der Waals surface area contributed by atoms with E-state index >= 15 is 0 Å². The summed E-state index contributed by atoms with van der Waals surface area (Å²) in [5.41, 5.74) is 4.72. The van der Waals surface area contributed by atoms with Gasteiger partial charge in [-0.25, -0.2) is 4.39 Å². The summed E-state index contributed by atoms with van der Waals surface area (Å²) in [5.74, 6) is -2.66. The maximum Gasteiger partial charge on any atom is 0.397 e. The standard InChI is InChI=1S/C8H8F4N2/c9-6-1-5(3-14-4-6)7(2-13)8(10,11)12/h1,3-4,7H,2,13H2. The van der Waals surface area contributed by atoms with Crippen molar-refractivity contribution < 1.29 is 17.6 Å². The molecule has 0 spiro atoms. The molecule has 0 saturated heterocycles. The number of rotatable bonds is 2. The van der Waals surface area contributed by atoms with Crippen LogP contribution in [0.25, 0.3) is 0 Å². The van der Waals surface area contributed by atoms with E-state index in [2.05, 4.69) is 4.98 Å². The predicted molar refractivity (Wildman–Crippen MR) is 42.0 cm³/mol. The molecule has 78 valence electrons. The molecule has 1 aromatic rings. The van der Waals surface area contributed by atoms with Crippen LogP contribution < -0.4 is 5.73 Å². The van der Waals surface area contributed by atoms with E-state index in [0.29, 0.717) is 0 Å². The fourth-order valence-electron chi connectivity index (χ4n) is 1.08. The van der Waals surface area contributed by atoms with Crippen molar-refractivity contribution in [2.45, 2.75) is 12.1 Å². The third kappa shape index (κ3) is 2.41. The summed E-state index contributed by atoms with van der Waals surface area (Å²) >= 11 is 0. The van der Waals surface area contributed by atoms with E-state index < -0.39 is 24.5 Å². The molecular weight excluding hydrogens is 200 g/mol. The average Bonchev–Trinajstić information content (AvgIpc) is 2.02. The second-order valence-electron chi connectivity index (χ2n) is 2.77. The molecule has 6 heteroatoms. The summed E-state index contributed by atoms with van der Waals surface area (Å²) in [7, 11) is 0. The van der Waals surface area contributed by atoms with Crippen LogP contribution in [0.5, 0.6) is 0 Å². The Morgan fingerprint density at radius 2 is 2.00 bits per heavy atom. The van der Waals surface area contributed by atoms with E-state index in [1.807, 2.05) is 0 Å². The molecule has 2 nitrogen and oxygen atoms in total. The number of nitrogens with zero attached hydrogens (tertiary/aromatic N) is 1. The Bertz CT molecular complexity index is 310. The molecule has 1 atom stereocenters. The second-order valence-corrected chi connectivity index (χ2v) is 2.77. The van der Waals surface area contributed by atoms with E-state index in [4.69, 9.17) is 5.73 Å². The van der Waals surface area contributed by atoms with Crippen molar-refractivity contribution >= 4 is 0 Å². The monoisotopic (exact) mass is 208 g/mol. The Kier molecular flexibility index (Phi) is 3.05. The van der Waals surface area contributed by atoms with Crippen LogP contribution >= 0.6 is 0 Å². The number of halogens is 4. The molecular formula is C8H8F4N2. The predicted octanol–water partition coefficient (Wildman–Crippen LogP) is 1.83. The largest absolute Gasteiger partial charge is 0.397 e. The SMILES string of the molecule is NCC(c1cncc(F)c1)C(F)(F)F. The summed E-state index contributed by atoms with van der Waals surface area (Å²) < 4.78 is 49.5. The molecule has 0 aliphatic heterocycles. The number of aromatic nitrogens is 1. The number of hydrogen-bond donors (Lipinski definition) is 1. The molecule has 14 heavy (non-hydrogen) atoms. The molecule has 0 aromatic carbocycles. The molecule has 2 N–H and O–H groups in total. The van der Waals surface area contributed by atoms with Gasteiger partial charge in [-0.3, -0.25) is 4.98 Å². The zero-order valence-electron chi connectivity index (χ0n) is 7.05. The van der Waals surface area contributed by atoms with Crippen molar-refractivity contribution in [3.63, 3.8) is 0 Å². The van der Waals surface area contributed by atoms with Gasteiger partial charge in [-0.1, -0.05) is 0 Å². The summed E-state index contributed by atoms with van der Waals surface area (Å²) in [6.45, 7) is -0.616. The minimum absolute atomic E-state index is 0.250. The van der Waals surface area contributed by atoms with Gasteiger partial charge in [-0.15, -0.1) is 0 Å². The third-order valence-electron chi connectivity index (χ3n) is 1.76. The van der Waals surface area contributed by atoms with Crippen LogP contribution in [0.2, 0.25) is 0 Å². The van der Waals surface area contributed by atoms with E-state index in [0.717, 1.165) is 18.5 Å². The highest BCUT2D eigenvalue weighted by Crippen LogP contribution is 2.33. The first-order valence-electron chi connectivity index (χ1n) is 3.82. The quantitative estimate of drug-likeness (QED) is 0.753. The molecule has 1 aromatic heterocycles. The highest BCUT2D eigenvalue weighted by atomic mass is 19.4. The van der Waals surface area contributed by atoms with Gasteiger partial charge in [0.2, 0.25) is 0 Å². The Morgan fingerprint density at radius 1 is 1.36 bits per heavy atom. The molecule has 0 bridgehead atoms. The Balaban J connectivity index is 3.01. The lowest BCUT2D eigenvalue weighted by atomic mass is 10.0. The molecule has 1 rings (SSSR count). The van der Waals surface area contributed by atoms with Gasteiger partial charge in [0.25, 0.3) is 0 Å². The van der Waals surface area contributed by atoms with Crippen LogP contribution in [-0.4, -0.2) is 17.7 Å². The first-order valence-corrected chi connectivity index (χ1v) is 3.82. The topological polar surface area (TPSA) is 38.9 Å². The lowest BCUT2D eigenvalue weighted by molar-refractivity contribution is -0.148. The van der Waals surface area contributed by atoms with Crippen molar-refractivity contribution in [2.24, 2.45) is 5.73 Å². The van der Waals surface area contributed by atoms with Crippen LogP contribution in [-0.2, 0) is 0 Å². The van der Waals surface area contributed by atoms with Gasteiger partial charge in [0.05, 0.1) is 12.1 Å². The van der Waals surface area contributed by atoms with Crippen molar-refractivity contribution in [3.8, 4) is 0 Å². The summed E-state index contributed by atoms with van der Waals surface area (Å²) in [6, 6.07) is 0.790. The maximum atomic E-state index is 12.6. The number of hydrogen-bond acceptors (Lipinski definition) is 2. The zero-order chi connectivity index (χ0) is 10.8. The number of pyridine rings is 1. The molecule has 0 aliphatic carbocycles. The first-order chi connectivity index (χ1) is 6.45. The van der Waals surface area contributed by atoms with Crippen LogP contribution in [0.4, 0.5) is 17.6 Å². The third-order valence-corrected chi connectivity index (χ3v) is 1.76. The second kappa shape index (κ2) is 3.91. The maximum absolute atomic E-state index is 12.6. The summed E-state index contributed by atoms with van der Waals surface area (Å²) in [5, 5.41) is 0. The minimum Gasteiger partial charge on any atom is -0.330 e. The van der Waals surface area contributed by atoms with E-state index in [1.54, 1.807) is 0 Å². The molecule has 0 fully saturated rings. The van der Waals surface area contributed by atoms with E-state index in [-0.39, 0.29) is 5.56 Å². The van der Waals surface area contributed by atoms with Crippen LogP contribution in [0.3, 0.4) is 0 Å². The molecule has 1 heterocycles. The van der Waals surface area contributed by atoms with E-state index in [1.165, 1.54) is 0 Å². The molecule has 1 unspecified atom stereocenters. The van der Waals surface area contributed by atoms with Gasteiger partial charge in [0.1, 0.15) is 5.82 Å². The van der Waals surface area contributed by atoms with Gasteiger partial charge in [0, 0.05) is 12.7 Å². The molecule has 0 amide bonds. The van der Waals surface area contributed by atoms with E-state index in [9.17, 15) is 17.6 Å². The fraction of sp³-hybridized carbons (Fsp3) is 0.375. The van der Waals surface area contributed by atoms with Gasteiger partial charge < -0.3 is 5.73 Å². The molecule has 0 radical (unpaired) electrons. The minimum atomic E-state index is -4.47. The van der Waals surface area contributed by atoms with Crippen LogP contribution in [0.15, 0.2) is 18.5 Å². The molecule has 0 saturated carbocycles. The normalized spacial score (nSPS) is 14.1. The van der Waals surface area contributed by atoms with Gasteiger partial charge in [-0.05, 0) is 11.6 Å². The lowest BCUT2D eigenvalue weighted by Crippen LogP contribution is -2.28. The van der Waals surface area contributed by atoms with Crippen molar-refractivity contribution in [1.29, 1.82) is 0 Å². The van der Waals surface area contributed by atoms with Crippen molar-refractivity contribution in [3.05, 3.63) is 29.8 Å². The first kappa shape index (κ1) is 10.9. The summed E-state index contributed by atoms with van der Waals surface area (Å²) in [6.07, 6.45) is -2.66. The Morgan fingerprint density at radius 3 is 2.43 bits per heavy atom. The Labute approximate surface area is 77.7 Å². The summed E-state index contributed by atoms with van der Waals surface area (Å²) in [4.78, 5) is 3.34. The number of nitrogens with two attached hydrogens (primary N) is 1. The lowest BCUT2D eigenvalue weighted by Gasteiger charge is -2.18. The Hall–Kier alpha value is -1.17. The zero-order valence-corrected chi connectivity index (χ0v) is 7.05. The van der Waals surface area contributed by atoms with Gasteiger partial charge >= 0.3 is 6.18 Å². The van der Waals surface area contributed by atoms with Crippen LogP contribution in [0, 0.1) is 5.82 Å². The smallest absolute Gasteiger partial charge is 0.330 e. The number of alkyl halides is 3. The van der Waals surface area contributed by atoms with Gasteiger partial charge in [0.15, 0.2) is 0 Å². The van der Waals surface area contributed by atoms with Crippen molar-refractivity contribution in [1.82, 2.24) is 4.98 Å². The van der Waals surface area contributed by atoms with Crippen molar-refractivity contribution in [2.75, 3.05) is 6.54 Å². The van der Waals surface area contributed by atoms with Gasteiger partial charge in [-0.2, -0.15) is 13.2 Å². The van der Waals surface area contributed by atoms with Crippen LogP contribution in [0.1, 0.15) is 11.5 Å². The average molecular weight is 208 g/mol.